The molecule has 1 aromatic rings. The van der Waals surface area contributed by atoms with Crippen molar-refractivity contribution in [3.63, 3.8) is 0 Å². The van der Waals surface area contributed by atoms with E-state index in [1.165, 1.54) is 0 Å². The fraction of sp³-hybridized carbons (Fsp3) is 0.538. The summed E-state index contributed by atoms with van der Waals surface area (Å²) in [5.74, 6) is 0.215. The van der Waals surface area contributed by atoms with Crippen LogP contribution in [0, 0.1) is 0 Å². The van der Waals surface area contributed by atoms with Gasteiger partial charge in [0.05, 0.1) is 35.9 Å². The van der Waals surface area contributed by atoms with Crippen molar-refractivity contribution in [1.29, 1.82) is 0 Å². The number of aliphatic hydroxyl groups excluding tert-OH is 1. The Morgan fingerprint density at radius 1 is 1.37 bits per heavy atom. The third-order valence-electron chi connectivity index (χ3n) is 3.02. The smallest absolute Gasteiger partial charge is 0.0847 e. The van der Waals surface area contributed by atoms with Crippen molar-refractivity contribution in [1.82, 2.24) is 0 Å². The number of hydrogen-bond acceptors (Lipinski definition) is 4. The van der Waals surface area contributed by atoms with Crippen molar-refractivity contribution in [2.75, 3.05) is 48.9 Å². The zero-order valence-corrected chi connectivity index (χ0v) is 12.1. The summed E-state index contributed by atoms with van der Waals surface area (Å²) in [6.45, 7) is 3.60. The van der Waals surface area contributed by atoms with Gasteiger partial charge in [0.25, 0.3) is 0 Å². The number of ether oxygens (including phenoxy) is 1. The number of rotatable bonds is 5. The highest BCUT2D eigenvalue weighted by molar-refractivity contribution is 6.33. The maximum absolute atomic E-state index is 9.40. The van der Waals surface area contributed by atoms with Crippen molar-refractivity contribution in [3.8, 4) is 0 Å². The minimum absolute atomic E-state index is 0.215. The highest BCUT2D eigenvalue weighted by Crippen LogP contribution is 2.29. The molecule has 0 aromatic heterocycles. The highest BCUT2D eigenvalue weighted by atomic mass is 35.5. The molecule has 2 rings (SSSR count). The second-order valence-corrected chi connectivity index (χ2v) is 5.17. The molecule has 1 aromatic carbocycles. The lowest BCUT2D eigenvalue weighted by atomic mass is 10.2. The molecule has 1 aliphatic heterocycles. The topological polar surface area (TPSA) is 44.7 Å². The Morgan fingerprint density at radius 2 is 2.11 bits per heavy atom. The lowest BCUT2D eigenvalue weighted by molar-refractivity contribution is 0.122. The Hall–Kier alpha value is -0.680. The van der Waals surface area contributed by atoms with Crippen LogP contribution >= 0.6 is 23.2 Å². The molecule has 0 bridgehead atoms. The van der Waals surface area contributed by atoms with Crippen molar-refractivity contribution in [3.05, 3.63) is 23.2 Å². The summed E-state index contributed by atoms with van der Waals surface area (Å²) in [7, 11) is 0. The molecule has 1 atom stereocenters. The van der Waals surface area contributed by atoms with Crippen LogP contribution in [0.2, 0.25) is 5.02 Å². The molecule has 1 saturated heterocycles. The summed E-state index contributed by atoms with van der Waals surface area (Å²) < 4.78 is 5.32. The van der Waals surface area contributed by atoms with Gasteiger partial charge >= 0.3 is 0 Å². The molecule has 4 nitrogen and oxygen atoms in total. The van der Waals surface area contributed by atoms with Gasteiger partial charge in [0.1, 0.15) is 0 Å². The van der Waals surface area contributed by atoms with Crippen molar-refractivity contribution in [2.24, 2.45) is 0 Å². The number of morpholine rings is 1. The summed E-state index contributed by atoms with van der Waals surface area (Å²) >= 11 is 11.8. The van der Waals surface area contributed by atoms with Crippen LogP contribution in [0.25, 0.3) is 0 Å². The van der Waals surface area contributed by atoms with Gasteiger partial charge in [-0.1, -0.05) is 11.6 Å². The molecule has 0 aliphatic carbocycles. The number of halogens is 2. The van der Waals surface area contributed by atoms with Gasteiger partial charge in [-0.15, -0.1) is 11.6 Å². The van der Waals surface area contributed by atoms with Crippen molar-refractivity contribution in [2.45, 2.75) is 6.10 Å². The van der Waals surface area contributed by atoms with Gasteiger partial charge in [0.2, 0.25) is 0 Å². The lowest BCUT2D eigenvalue weighted by Crippen LogP contribution is -2.36. The highest BCUT2D eigenvalue weighted by Gasteiger charge is 2.14. The van der Waals surface area contributed by atoms with E-state index in [1.807, 2.05) is 18.2 Å². The van der Waals surface area contributed by atoms with Crippen LogP contribution in [0.4, 0.5) is 11.4 Å². The molecular weight excluding hydrogens is 287 g/mol. The Morgan fingerprint density at radius 3 is 2.74 bits per heavy atom. The van der Waals surface area contributed by atoms with E-state index in [0.717, 1.165) is 37.7 Å². The van der Waals surface area contributed by atoms with E-state index in [9.17, 15) is 5.11 Å². The molecule has 0 spiro atoms. The number of aliphatic hydroxyl groups is 1. The first-order chi connectivity index (χ1) is 9.20. The normalized spacial score (nSPS) is 17.3. The Bertz CT molecular complexity index is 412. The van der Waals surface area contributed by atoms with E-state index in [4.69, 9.17) is 27.9 Å². The van der Waals surface area contributed by atoms with E-state index in [2.05, 4.69) is 10.2 Å². The molecule has 1 fully saturated rings. The predicted molar refractivity (Wildman–Crippen MR) is 79.7 cm³/mol. The van der Waals surface area contributed by atoms with Crippen LogP contribution in [-0.4, -0.2) is 49.9 Å². The minimum atomic E-state index is -0.556. The SMILES string of the molecule is OC(CCl)CNc1ccc(N2CCOCC2)c(Cl)c1. The second kappa shape index (κ2) is 7.20. The number of benzene rings is 1. The summed E-state index contributed by atoms with van der Waals surface area (Å²) in [4.78, 5) is 2.21. The molecule has 1 heterocycles. The van der Waals surface area contributed by atoms with E-state index in [-0.39, 0.29) is 5.88 Å². The van der Waals surface area contributed by atoms with E-state index >= 15 is 0 Å². The molecule has 0 radical (unpaired) electrons. The molecule has 19 heavy (non-hydrogen) atoms. The van der Waals surface area contributed by atoms with E-state index < -0.39 is 6.10 Å². The average Bonchev–Trinajstić information content (AvgIpc) is 2.45. The number of nitrogens with one attached hydrogen (secondary N) is 1. The van der Waals surface area contributed by atoms with E-state index in [1.54, 1.807) is 0 Å². The fourth-order valence-corrected chi connectivity index (χ4v) is 2.38. The first kappa shape index (κ1) is 14.7. The van der Waals surface area contributed by atoms with Crippen LogP contribution in [0.15, 0.2) is 18.2 Å². The summed E-state index contributed by atoms with van der Waals surface area (Å²) in [6.07, 6.45) is -0.556. The molecule has 0 amide bonds. The maximum Gasteiger partial charge on any atom is 0.0847 e. The average molecular weight is 305 g/mol. The predicted octanol–water partition coefficient (Wildman–Crippen LogP) is 2.19. The van der Waals surface area contributed by atoms with Crippen LogP contribution in [0.5, 0.6) is 0 Å². The van der Waals surface area contributed by atoms with Crippen LogP contribution in [0.1, 0.15) is 0 Å². The monoisotopic (exact) mass is 304 g/mol. The second-order valence-electron chi connectivity index (χ2n) is 4.45. The quantitative estimate of drug-likeness (QED) is 0.819. The molecule has 2 N–H and O–H groups in total. The summed E-state index contributed by atoms with van der Waals surface area (Å²) in [5, 5.41) is 13.2. The van der Waals surface area contributed by atoms with Crippen LogP contribution in [0.3, 0.4) is 0 Å². The molecule has 6 heteroatoms. The van der Waals surface area contributed by atoms with Crippen LogP contribution in [-0.2, 0) is 4.74 Å². The molecule has 0 saturated carbocycles. The largest absolute Gasteiger partial charge is 0.390 e. The van der Waals surface area contributed by atoms with Gasteiger partial charge in [-0.05, 0) is 18.2 Å². The third-order valence-corrected chi connectivity index (χ3v) is 3.68. The Balaban J connectivity index is 2.00. The molecule has 1 aliphatic rings. The molecule has 106 valence electrons. The van der Waals surface area contributed by atoms with Crippen molar-refractivity contribution >= 4 is 34.6 Å². The molecular formula is C13H18Cl2N2O2. The van der Waals surface area contributed by atoms with Gasteiger partial charge in [0.15, 0.2) is 0 Å². The first-order valence-corrected chi connectivity index (χ1v) is 7.22. The van der Waals surface area contributed by atoms with Crippen LogP contribution < -0.4 is 10.2 Å². The van der Waals surface area contributed by atoms with Gasteiger partial charge in [-0.3, -0.25) is 0 Å². The van der Waals surface area contributed by atoms with Crippen molar-refractivity contribution < 1.29 is 9.84 Å². The standard InChI is InChI=1S/C13H18Cl2N2O2/c14-8-11(18)9-16-10-1-2-13(12(15)7-10)17-3-5-19-6-4-17/h1-2,7,11,16,18H,3-6,8-9H2. The number of nitrogens with zero attached hydrogens (tertiary/aromatic N) is 1. The van der Waals surface area contributed by atoms with Gasteiger partial charge in [-0.25, -0.2) is 0 Å². The van der Waals surface area contributed by atoms with Gasteiger partial charge < -0.3 is 20.1 Å². The fourth-order valence-electron chi connectivity index (χ4n) is 1.97. The Labute approximate surface area is 123 Å². The first-order valence-electron chi connectivity index (χ1n) is 6.31. The zero-order valence-electron chi connectivity index (χ0n) is 10.6. The third kappa shape index (κ3) is 4.14. The van der Waals surface area contributed by atoms with E-state index in [0.29, 0.717) is 11.6 Å². The molecule has 1 unspecified atom stereocenters. The minimum Gasteiger partial charge on any atom is -0.390 e. The lowest BCUT2D eigenvalue weighted by Gasteiger charge is -2.29. The zero-order chi connectivity index (χ0) is 13.7. The van der Waals surface area contributed by atoms with Gasteiger partial charge in [0, 0.05) is 25.3 Å². The summed E-state index contributed by atoms with van der Waals surface area (Å²) in [5.41, 5.74) is 1.90. The summed E-state index contributed by atoms with van der Waals surface area (Å²) in [6, 6.07) is 5.81. The number of anilines is 2. The number of hydrogen-bond donors (Lipinski definition) is 2. The van der Waals surface area contributed by atoms with Gasteiger partial charge in [-0.2, -0.15) is 0 Å². The number of alkyl halides is 1. The Kier molecular flexibility index (Phi) is 5.58. The maximum atomic E-state index is 9.40.